The molecule has 6 nitrogen and oxygen atoms in total. The summed E-state index contributed by atoms with van der Waals surface area (Å²) < 4.78 is 14.8. The summed E-state index contributed by atoms with van der Waals surface area (Å²) in [6.45, 7) is 1.63. The van der Waals surface area contributed by atoms with Crippen molar-refractivity contribution in [3.63, 3.8) is 0 Å². The molecule has 1 aliphatic heterocycles. The Hall–Kier alpha value is -2.50. The molecule has 6 heteroatoms. The quantitative estimate of drug-likeness (QED) is 0.853. The summed E-state index contributed by atoms with van der Waals surface area (Å²) in [6, 6.07) is 5.19. The number of benzene rings is 1. The molecule has 0 saturated carbocycles. The van der Waals surface area contributed by atoms with Crippen molar-refractivity contribution in [1.82, 2.24) is 0 Å². The van der Waals surface area contributed by atoms with Crippen molar-refractivity contribution in [3.8, 4) is 5.75 Å². The fourth-order valence-electron chi connectivity index (χ4n) is 2.27. The Bertz CT molecular complexity index is 622. The van der Waals surface area contributed by atoms with E-state index >= 15 is 0 Å². The van der Waals surface area contributed by atoms with E-state index in [0.29, 0.717) is 17.0 Å². The molecule has 1 aromatic carbocycles. The molecule has 0 amide bonds. The Labute approximate surface area is 122 Å². The number of esters is 2. The van der Waals surface area contributed by atoms with Gasteiger partial charge in [-0.25, -0.2) is 9.59 Å². The van der Waals surface area contributed by atoms with E-state index < -0.39 is 17.5 Å². The van der Waals surface area contributed by atoms with Crippen LogP contribution >= 0.6 is 0 Å². The second-order valence-electron chi connectivity index (χ2n) is 4.78. The zero-order valence-corrected chi connectivity index (χ0v) is 12.4. The van der Waals surface area contributed by atoms with Gasteiger partial charge in [-0.2, -0.15) is 0 Å². The molecular formula is C15H17NO5. The second-order valence-corrected chi connectivity index (χ2v) is 4.78. The zero-order chi connectivity index (χ0) is 15.6. The van der Waals surface area contributed by atoms with Gasteiger partial charge in [-0.05, 0) is 31.2 Å². The molecule has 1 aromatic rings. The number of rotatable bonds is 3. The minimum Gasteiger partial charge on any atom is -0.497 e. The van der Waals surface area contributed by atoms with Gasteiger partial charge in [-0.1, -0.05) is 0 Å². The molecule has 0 bridgehead atoms. The Morgan fingerprint density at radius 2 is 1.86 bits per heavy atom. The van der Waals surface area contributed by atoms with E-state index in [9.17, 15) is 9.59 Å². The van der Waals surface area contributed by atoms with Crippen LogP contribution in [0.1, 0.15) is 12.5 Å². The van der Waals surface area contributed by atoms with Crippen LogP contribution in [0.25, 0.3) is 5.57 Å². The summed E-state index contributed by atoms with van der Waals surface area (Å²) in [5, 5.41) is 3.07. The van der Waals surface area contributed by atoms with Crippen molar-refractivity contribution in [1.29, 1.82) is 0 Å². The fourth-order valence-corrected chi connectivity index (χ4v) is 2.27. The van der Waals surface area contributed by atoms with E-state index in [0.717, 1.165) is 0 Å². The predicted molar refractivity (Wildman–Crippen MR) is 77.0 cm³/mol. The van der Waals surface area contributed by atoms with Gasteiger partial charge in [0.25, 0.3) is 0 Å². The van der Waals surface area contributed by atoms with E-state index in [4.69, 9.17) is 14.2 Å². The maximum Gasteiger partial charge on any atom is 0.338 e. The van der Waals surface area contributed by atoms with Crippen molar-refractivity contribution in [2.45, 2.75) is 12.5 Å². The van der Waals surface area contributed by atoms with Crippen LogP contribution in [-0.4, -0.2) is 38.8 Å². The number of ether oxygens (including phenoxy) is 3. The van der Waals surface area contributed by atoms with E-state index in [1.807, 2.05) is 0 Å². The van der Waals surface area contributed by atoms with Gasteiger partial charge in [0.15, 0.2) is 5.54 Å². The van der Waals surface area contributed by atoms with Crippen LogP contribution in [0, 0.1) is 0 Å². The van der Waals surface area contributed by atoms with E-state index in [1.165, 1.54) is 27.4 Å². The molecule has 1 heterocycles. The molecule has 0 saturated heterocycles. The van der Waals surface area contributed by atoms with Gasteiger partial charge in [0.2, 0.25) is 0 Å². The first-order valence-corrected chi connectivity index (χ1v) is 6.31. The number of anilines is 1. The van der Waals surface area contributed by atoms with Gasteiger partial charge in [0.05, 0.1) is 26.9 Å². The summed E-state index contributed by atoms with van der Waals surface area (Å²) in [6.07, 6.45) is 1.51. The Balaban J connectivity index is 2.60. The van der Waals surface area contributed by atoms with Crippen LogP contribution in [0.4, 0.5) is 5.69 Å². The van der Waals surface area contributed by atoms with Crippen LogP contribution in [0.15, 0.2) is 24.3 Å². The second kappa shape index (κ2) is 5.47. The first-order valence-electron chi connectivity index (χ1n) is 6.31. The van der Waals surface area contributed by atoms with Crippen molar-refractivity contribution in [3.05, 3.63) is 29.8 Å². The maximum absolute atomic E-state index is 12.0. The third kappa shape index (κ3) is 2.56. The Kier molecular flexibility index (Phi) is 3.88. The Morgan fingerprint density at radius 3 is 2.43 bits per heavy atom. The van der Waals surface area contributed by atoms with Crippen LogP contribution in [0.5, 0.6) is 5.75 Å². The molecule has 0 aliphatic carbocycles. The molecule has 2 rings (SSSR count). The average molecular weight is 291 g/mol. The summed E-state index contributed by atoms with van der Waals surface area (Å²) in [5.41, 5.74) is 0.395. The van der Waals surface area contributed by atoms with Crippen molar-refractivity contribution in [2.24, 2.45) is 0 Å². The minimum absolute atomic E-state index is 0.290. The van der Waals surface area contributed by atoms with Gasteiger partial charge in [-0.3, -0.25) is 0 Å². The molecule has 112 valence electrons. The molecule has 0 aromatic heterocycles. The minimum atomic E-state index is -1.14. The number of carbonyl (C=O) groups is 2. The highest BCUT2D eigenvalue weighted by Crippen LogP contribution is 2.37. The third-order valence-electron chi connectivity index (χ3n) is 3.36. The van der Waals surface area contributed by atoms with Gasteiger partial charge < -0.3 is 19.5 Å². The standard InChI is InChI=1S/C15H17NO5/c1-15(14(18)21-4)8-11(13(17)20-3)10-7-9(19-2)5-6-12(10)16-15/h5-8,16H,1-4H3. The van der Waals surface area contributed by atoms with Crippen LogP contribution in [0.2, 0.25) is 0 Å². The molecule has 1 aliphatic rings. The first-order chi connectivity index (χ1) is 9.95. The SMILES string of the molecule is COC(=O)C1=CC(C)(C(=O)OC)Nc2ccc(OC)cc21. The van der Waals surface area contributed by atoms with Crippen LogP contribution in [0.3, 0.4) is 0 Å². The molecular weight excluding hydrogens is 274 g/mol. The lowest BCUT2D eigenvalue weighted by Gasteiger charge is -2.32. The first kappa shape index (κ1) is 14.9. The summed E-state index contributed by atoms with van der Waals surface area (Å²) in [5.74, 6) is -0.418. The van der Waals surface area contributed by atoms with Crippen LogP contribution in [-0.2, 0) is 19.1 Å². The molecule has 0 spiro atoms. The lowest BCUT2D eigenvalue weighted by atomic mass is 9.89. The van der Waals surface area contributed by atoms with Gasteiger partial charge in [0, 0.05) is 11.3 Å². The molecule has 0 fully saturated rings. The van der Waals surface area contributed by atoms with Crippen molar-refractivity contribution < 1.29 is 23.8 Å². The number of methoxy groups -OCH3 is 3. The van der Waals surface area contributed by atoms with Gasteiger partial charge in [-0.15, -0.1) is 0 Å². The Morgan fingerprint density at radius 1 is 1.14 bits per heavy atom. The highest BCUT2D eigenvalue weighted by Gasteiger charge is 2.38. The average Bonchev–Trinajstić information content (AvgIpc) is 2.51. The highest BCUT2D eigenvalue weighted by molar-refractivity contribution is 6.20. The summed E-state index contributed by atoms with van der Waals surface area (Å²) in [4.78, 5) is 24.0. The zero-order valence-electron chi connectivity index (χ0n) is 12.4. The summed E-state index contributed by atoms with van der Waals surface area (Å²) in [7, 11) is 4.13. The lowest BCUT2D eigenvalue weighted by Crippen LogP contribution is -2.45. The molecule has 0 radical (unpaired) electrons. The van der Waals surface area contributed by atoms with E-state index in [-0.39, 0.29) is 5.57 Å². The normalized spacial score (nSPS) is 19.7. The van der Waals surface area contributed by atoms with Gasteiger partial charge >= 0.3 is 11.9 Å². The smallest absolute Gasteiger partial charge is 0.338 e. The van der Waals surface area contributed by atoms with Crippen LogP contribution < -0.4 is 10.1 Å². The maximum atomic E-state index is 12.0. The lowest BCUT2D eigenvalue weighted by molar-refractivity contribution is -0.143. The third-order valence-corrected chi connectivity index (χ3v) is 3.36. The van der Waals surface area contributed by atoms with E-state index in [2.05, 4.69) is 5.32 Å². The molecule has 1 atom stereocenters. The monoisotopic (exact) mass is 291 g/mol. The topological polar surface area (TPSA) is 73.9 Å². The molecule has 21 heavy (non-hydrogen) atoms. The largest absolute Gasteiger partial charge is 0.497 e. The predicted octanol–water partition coefficient (Wildman–Crippen LogP) is 1.61. The highest BCUT2D eigenvalue weighted by atomic mass is 16.5. The number of hydrogen-bond acceptors (Lipinski definition) is 6. The molecule has 1 N–H and O–H groups in total. The summed E-state index contributed by atoms with van der Waals surface area (Å²) >= 11 is 0. The molecule has 1 unspecified atom stereocenters. The number of fused-ring (bicyclic) bond motifs is 1. The number of carbonyl (C=O) groups excluding carboxylic acids is 2. The fraction of sp³-hybridized carbons (Fsp3) is 0.333. The van der Waals surface area contributed by atoms with Crippen molar-refractivity contribution >= 4 is 23.2 Å². The van der Waals surface area contributed by atoms with Gasteiger partial charge in [0.1, 0.15) is 5.75 Å². The number of nitrogens with one attached hydrogen (secondary N) is 1. The number of hydrogen-bond donors (Lipinski definition) is 1. The van der Waals surface area contributed by atoms with E-state index in [1.54, 1.807) is 25.1 Å². The van der Waals surface area contributed by atoms with Crippen molar-refractivity contribution in [2.75, 3.05) is 26.6 Å².